The number of nitrogens with zero attached hydrogens (tertiary/aromatic N) is 1. The molecule has 3 heteroatoms. The van der Waals surface area contributed by atoms with Crippen molar-refractivity contribution in [2.75, 3.05) is 13.1 Å². The Hall–Kier alpha value is -1.02. The summed E-state index contributed by atoms with van der Waals surface area (Å²) in [5.41, 5.74) is 0.747. The molecule has 1 aromatic rings. The van der Waals surface area contributed by atoms with Crippen LogP contribution in [0.1, 0.15) is 49.4 Å². The van der Waals surface area contributed by atoms with Crippen molar-refractivity contribution < 1.29 is 4.79 Å². The van der Waals surface area contributed by atoms with Gasteiger partial charge in [0, 0.05) is 23.7 Å². The molecule has 2 rings (SSSR count). The molecule has 1 fully saturated rings. The van der Waals surface area contributed by atoms with Crippen molar-refractivity contribution in [1.82, 2.24) is 4.90 Å². The third kappa shape index (κ3) is 3.97. The molecule has 1 aliphatic heterocycles. The summed E-state index contributed by atoms with van der Waals surface area (Å²) in [7, 11) is 0. The summed E-state index contributed by atoms with van der Waals surface area (Å²) in [6.07, 6.45) is 6.21. The molecule has 2 nitrogen and oxygen atoms in total. The fourth-order valence-electron chi connectivity index (χ4n) is 2.69. The Bertz CT molecular complexity index is 407. The molecule has 0 atom stereocenters. The molecule has 1 saturated heterocycles. The lowest BCUT2D eigenvalue weighted by Gasteiger charge is -2.32. The number of amides is 1. The first-order valence-electron chi connectivity index (χ1n) is 7.25. The van der Waals surface area contributed by atoms with Crippen LogP contribution in [0, 0.1) is 5.92 Å². The van der Waals surface area contributed by atoms with Crippen LogP contribution in [0.2, 0.25) is 5.02 Å². The number of halogens is 1. The van der Waals surface area contributed by atoms with Gasteiger partial charge in [-0.25, -0.2) is 0 Å². The highest BCUT2D eigenvalue weighted by atomic mass is 35.5. The van der Waals surface area contributed by atoms with Crippen molar-refractivity contribution >= 4 is 17.5 Å². The zero-order valence-corrected chi connectivity index (χ0v) is 12.3. The van der Waals surface area contributed by atoms with Crippen LogP contribution in [-0.4, -0.2) is 23.9 Å². The van der Waals surface area contributed by atoms with Crippen molar-refractivity contribution in [1.29, 1.82) is 0 Å². The molecule has 1 amide bonds. The van der Waals surface area contributed by atoms with Crippen LogP contribution >= 0.6 is 11.6 Å². The first-order chi connectivity index (χ1) is 9.20. The monoisotopic (exact) mass is 279 g/mol. The van der Waals surface area contributed by atoms with Gasteiger partial charge in [-0.05, 0) is 43.0 Å². The Morgan fingerprint density at radius 1 is 1.26 bits per heavy atom. The van der Waals surface area contributed by atoms with Gasteiger partial charge >= 0.3 is 0 Å². The summed E-state index contributed by atoms with van der Waals surface area (Å²) in [5, 5.41) is 0.676. The first kappa shape index (κ1) is 14.4. The third-order valence-corrected chi connectivity index (χ3v) is 4.21. The molecule has 0 saturated carbocycles. The molecule has 0 N–H and O–H groups in total. The van der Waals surface area contributed by atoms with E-state index in [1.807, 2.05) is 17.0 Å². The van der Waals surface area contributed by atoms with Crippen LogP contribution in [0.4, 0.5) is 0 Å². The standard InChI is InChI=1S/C16H22ClNO/c1-2-3-4-13-9-11-18(12-10-13)16(19)14-5-7-15(17)8-6-14/h5-8,13H,2-4,9-12H2,1H3. The molecule has 0 radical (unpaired) electrons. The van der Waals surface area contributed by atoms with Crippen LogP contribution in [0.25, 0.3) is 0 Å². The molecular weight excluding hydrogens is 258 g/mol. The lowest BCUT2D eigenvalue weighted by Crippen LogP contribution is -2.38. The first-order valence-corrected chi connectivity index (χ1v) is 7.63. The maximum Gasteiger partial charge on any atom is 0.253 e. The van der Waals surface area contributed by atoms with Gasteiger partial charge < -0.3 is 4.90 Å². The van der Waals surface area contributed by atoms with E-state index in [2.05, 4.69) is 6.92 Å². The highest BCUT2D eigenvalue weighted by molar-refractivity contribution is 6.30. The minimum atomic E-state index is 0.144. The smallest absolute Gasteiger partial charge is 0.253 e. The number of unbranched alkanes of at least 4 members (excludes halogenated alkanes) is 1. The quantitative estimate of drug-likeness (QED) is 0.801. The fourth-order valence-corrected chi connectivity index (χ4v) is 2.82. The largest absolute Gasteiger partial charge is 0.339 e. The predicted molar refractivity (Wildman–Crippen MR) is 79.6 cm³/mol. The van der Waals surface area contributed by atoms with Crippen LogP contribution < -0.4 is 0 Å². The number of hydrogen-bond donors (Lipinski definition) is 0. The van der Waals surface area contributed by atoms with Gasteiger partial charge in [-0.15, -0.1) is 0 Å². The summed E-state index contributed by atoms with van der Waals surface area (Å²) in [6.45, 7) is 4.03. The van der Waals surface area contributed by atoms with Gasteiger partial charge in [0.05, 0.1) is 0 Å². The Balaban J connectivity index is 1.87. The van der Waals surface area contributed by atoms with E-state index in [0.717, 1.165) is 37.4 Å². The molecule has 0 unspecified atom stereocenters. The molecule has 19 heavy (non-hydrogen) atoms. The molecule has 0 aliphatic carbocycles. The van der Waals surface area contributed by atoms with Crippen LogP contribution in [0.3, 0.4) is 0 Å². The SMILES string of the molecule is CCCCC1CCN(C(=O)c2ccc(Cl)cc2)CC1. The van der Waals surface area contributed by atoms with Crippen LogP contribution in [0.5, 0.6) is 0 Å². The summed E-state index contributed by atoms with van der Waals surface area (Å²) in [4.78, 5) is 14.3. The van der Waals surface area contributed by atoms with E-state index in [1.54, 1.807) is 12.1 Å². The van der Waals surface area contributed by atoms with E-state index in [1.165, 1.54) is 19.3 Å². The van der Waals surface area contributed by atoms with Crippen molar-refractivity contribution in [2.45, 2.75) is 39.0 Å². The van der Waals surface area contributed by atoms with E-state index >= 15 is 0 Å². The molecular formula is C16H22ClNO. The van der Waals surface area contributed by atoms with Gasteiger partial charge in [0.15, 0.2) is 0 Å². The normalized spacial score (nSPS) is 16.6. The maximum absolute atomic E-state index is 12.3. The average Bonchev–Trinajstić information content (AvgIpc) is 2.46. The second-order valence-corrected chi connectivity index (χ2v) is 5.82. The third-order valence-electron chi connectivity index (χ3n) is 3.96. The summed E-state index contributed by atoms with van der Waals surface area (Å²) in [6, 6.07) is 7.19. The highest BCUT2D eigenvalue weighted by Crippen LogP contribution is 2.23. The highest BCUT2D eigenvalue weighted by Gasteiger charge is 2.23. The summed E-state index contributed by atoms with van der Waals surface area (Å²) < 4.78 is 0. The van der Waals surface area contributed by atoms with Crippen molar-refractivity contribution in [2.24, 2.45) is 5.92 Å². The van der Waals surface area contributed by atoms with Gasteiger partial charge in [-0.2, -0.15) is 0 Å². The molecule has 0 bridgehead atoms. The van der Waals surface area contributed by atoms with Crippen LogP contribution in [-0.2, 0) is 0 Å². The van der Waals surface area contributed by atoms with Crippen LogP contribution in [0.15, 0.2) is 24.3 Å². The topological polar surface area (TPSA) is 20.3 Å². The van der Waals surface area contributed by atoms with E-state index < -0.39 is 0 Å². The lowest BCUT2D eigenvalue weighted by atomic mass is 9.91. The average molecular weight is 280 g/mol. The molecule has 0 aromatic heterocycles. The van der Waals surface area contributed by atoms with E-state index in [0.29, 0.717) is 5.02 Å². The zero-order chi connectivity index (χ0) is 13.7. The lowest BCUT2D eigenvalue weighted by molar-refractivity contribution is 0.0686. The second-order valence-electron chi connectivity index (χ2n) is 5.38. The molecule has 1 aliphatic rings. The molecule has 1 heterocycles. The number of benzene rings is 1. The van der Waals surface area contributed by atoms with Crippen molar-refractivity contribution in [3.05, 3.63) is 34.9 Å². The minimum absolute atomic E-state index is 0.144. The number of carbonyl (C=O) groups excluding carboxylic acids is 1. The number of hydrogen-bond acceptors (Lipinski definition) is 1. The molecule has 0 spiro atoms. The van der Waals surface area contributed by atoms with E-state index in [9.17, 15) is 4.79 Å². The Kier molecular flexibility index (Phi) is 5.26. The number of rotatable bonds is 4. The summed E-state index contributed by atoms with van der Waals surface area (Å²) in [5.74, 6) is 0.958. The van der Waals surface area contributed by atoms with Gasteiger partial charge in [0.25, 0.3) is 5.91 Å². The van der Waals surface area contributed by atoms with E-state index in [4.69, 9.17) is 11.6 Å². The summed E-state index contributed by atoms with van der Waals surface area (Å²) >= 11 is 5.84. The van der Waals surface area contributed by atoms with Gasteiger partial charge in [0.1, 0.15) is 0 Å². The second kappa shape index (κ2) is 6.95. The van der Waals surface area contributed by atoms with Crippen molar-refractivity contribution in [3.63, 3.8) is 0 Å². The molecule has 104 valence electrons. The Morgan fingerprint density at radius 2 is 1.89 bits per heavy atom. The fraction of sp³-hybridized carbons (Fsp3) is 0.562. The van der Waals surface area contributed by atoms with Gasteiger partial charge in [-0.1, -0.05) is 37.8 Å². The van der Waals surface area contributed by atoms with E-state index in [-0.39, 0.29) is 5.91 Å². The Labute approximate surface area is 120 Å². The van der Waals surface area contributed by atoms with Gasteiger partial charge in [0.2, 0.25) is 0 Å². The number of likely N-dealkylation sites (tertiary alicyclic amines) is 1. The van der Waals surface area contributed by atoms with Crippen molar-refractivity contribution in [3.8, 4) is 0 Å². The molecule has 1 aromatic carbocycles. The Morgan fingerprint density at radius 3 is 2.47 bits per heavy atom. The minimum Gasteiger partial charge on any atom is -0.339 e. The number of carbonyl (C=O) groups is 1. The number of piperidine rings is 1. The predicted octanol–water partition coefficient (Wildman–Crippen LogP) is 4.38. The zero-order valence-electron chi connectivity index (χ0n) is 11.6. The maximum atomic E-state index is 12.3. The van der Waals surface area contributed by atoms with Gasteiger partial charge in [-0.3, -0.25) is 4.79 Å².